The number of aldehydes is 1. The lowest BCUT2D eigenvalue weighted by Gasteiger charge is -2.26. The highest BCUT2D eigenvalue weighted by atomic mass is 28.3. The maximum absolute atomic E-state index is 12.4. The summed E-state index contributed by atoms with van der Waals surface area (Å²) in [5.41, 5.74) is 2.10. The molecule has 1 fully saturated rings. The highest BCUT2D eigenvalue weighted by Crippen LogP contribution is 2.49. The van der Waals surface area contributed by atoms with Crippen molar-refractivity contribution in [2.24, 2.45) is 11.3 Å². The zero-order chi connectivity index (χ0) is 18.4. The lowest BCUT2D eigenvalue weighted by molar-refractivity contribution is -0.168. The molecule has 1 aliphatic rings. The summed E-state index contributed by atoms with van der Waals surface area (Å²) in [7, 11) is 0.981. The minimum absolute atomic E-state index is 0.0859. The Balaban J connectivity index is 3.36. The molecule has 0 aromatic rings. The number of hydrogen-bond donors (Lipinski definition) is 0. The minimum atomic E-state index is -1.59. The molecule has 24 heavy (non-hydrogen) atoms. The molecule has 1 unspecified atom stereocenters. The molecule has 1 saturated carbocycles. The summed E-state index contributed by atoms with van der Waals surface area (Å²) in [6.07, 6.45) is 1.79. The van der Waals surface area contributed by atoms with E-state index in [-0.39, 0.29) is 5.92 Å². The Hall–Kier alpha value is -1.43. The average Bonchev–Trinajstić information content (AvgIpc) is 2.98. The fraction of sp³-hybridized carbons (Fsp3) is 0.722. The summed E-state index contributed by atoms with van der Waals surface area (Å²) in [5.74, 6) is -1.21. The molecule has 136 valence electrons. The summed E-state index contributed by atoms with van der Waals surface area (Å²) < 4.78 is 9.80. The van der Waals surface area contributed by atoms with Crippen LogP contribution in [0.5, 0.6) is 0 Å². The summed E-state index contributed by atoms with van der Waals surface area (Å²) >= 11 is 0. The van der Waals surface area contributed by atoms with Crippen molar-refractivity contribution in [3.8, 4) is 0 Å². The topological polar surface area (TPSA) is 69.7 Å². The standard InChI is InChI=1S/C18H30O5Si/c1-6-24(7-2,8-3)13-15-12-18(16(20)22-4,17(21)23-5)11-14(15)9-10-19/h10,13-14H,6-9,11-12H2,1-5H3/b15-13+. The van der Waals surface area contributed by atoms with Crippen molar-refractivity contribution in [3.63, 3.8) is 0 Å². The van der Waals surface area contributed by atoms with E-state index in [1.807, 2.05) is 0 Å². The van der Waals surface area contributed by atoms with Crippen LogP contribution in [0, 0.1) is 11.3 Å². The second-order valence-corrected chi connectivity index (χ2v) is 11.8. The van der Waals surface area contributed by atoms with Crippen LogP contribution in [0.15, 0.2) is 11.3 Å². The first-order chi connectivity index (χ1) is 11.4. The van der Waals surface area contributed by atoms with E-state index in [0.29, 0.717) is 19.3 Å². The van der Waals surface area contributed by atoms with E-state index in [2.05, 4.69) is 26.5 Å². The molecule has 0 heterocycles. The quantitative estimate of drug-likeness (QED) is 0.289. The summed E-state index contributed by atoms with van der Waals surface area (Å²) in [6.45, 7) is 6.61. The molecular weight excluding hydrogens is 324 g/mol. The number of hydrogen-bond acceptors (Lipinski definition) is 5. The van der Waals surface area contributed by atoms with Crippen molar-refractivity contribution in [3.05, 3.63) is 11.3 Å². The Morgan fingerprint density at radius 1 is 1.12 bits per heavy atom. The van der Waals surface area contributed by atoms with Crippen LogP contribution in [0.1, 0.15) is 40.0 Å². The van der Waals surface area contributed by atoms with Gasteiger partial charge in [0.2, 0.25) is 0 Å². The number of methoxy groups -OCH3 is 2. The summed E-state index contributed by atoms with van der Waals surface area (Å²) in [5, 5.41) is 0. The van der Waals surface area contributed by atoms with Crippen molar-refractivity contribution < 1.29 is 23.9 Å². The molecule has 1 atom stereocenters. The van der Waals surface area contributed by atoms with Crippen LogP contribution in [-0.4, -0.2) is 40.5 Å². The maximum atomic E-state index is 12.4. The Morgan fingerprint density at radius 2 is 1.62 bits per heavy atom. The second-order valence-electron chi connectivity index (χ2n) is 6.69. The van der Waals surface area contributed by atoms with Gasteiger partial charge in [-0.1, -0.05) is 50.2 Å². The van der Waals surface area contributed by atoms with Gasteiger partial charge in [-0.05, 0) is 18.8 Å². The SMILES string of the molecule is CC[Si](/C=C1\CC(C(=O)OC)(C(=O)OC)CC1CC=O)(CC)CC. The summed E-state index contributed by atoms with van der Waals surface area (Å²) in [4.78, 5) is 35.9. The molecule has 0 aliphatic heterocycles. The number of carbonyl (C=O) groups excluding carboxylic acids is 3. The third kappa shape index (κ3) is 3.79. The van der Waals surface area contributed by atoms with Crippen LogP contribution in [-0.2, 0) is 23.9 Å². The van der Waals surface area contributed by atoms with Crippen molar-refractivity contribution >= 4 is 26.3 Å². The smallest absolute Gasteiger partial charge is 0.323 e. The zero-order valence-electron chi connectivity index (χ0n) is 15.5. The zero-order valence-corrected chi connectivity index (χ0v) is 16.5. The number of allylic oxidation sites excluding steroid dienone is 1. The normalized spacial score (nSPS) is 21.5. The fourth-order valence-electron chi connectivity index (χ4n) is 3.87. The molecule has 0 N–H and O–H groups in total. The molecule has 1 aliphatic carbocycles. The highest BCUT2D eigenvalue weighted by Gasteiger charge is 2.55. The van der Waals surface area contributed by atoms with Gasteiger partial charge < -0.3 is 14.3 Å². The highest BCUT2D eigenvalue weighted by molar-refractivity contribution is 6.84. The van der Waals surface area contributed by atoms with Crippen LogP contribution in [0.25, 0.3) is 0 Å². The maximum Gasteiger partial charge on any atom is 0.323 e. The lowest BCUT2D eigenvalue weighted by Crippen LogP contribution is -2.39. The molecule has 1 rings (SSSR count). The van der Waals surface area contributed by atoms with Crippen LogP contribution in [0.4, 0.5) is 0 Å². The van der Waals surface area contributed by atoms with E-state index in [1.54, 1.807) is 0 Å². The van der Waals surface area contributed by atoms with Crippen molar-refractivity contribution in [1.82, 2.24) is 0 Å². The van der Waals surface area contributed by atoms with E-state index < -0.39 is 25.4 Å². The van der Waals surface area contributed by atoms with Gasteiger partial charge in [0.05, 0.1) is 22.3 Å². The molecular formula is C18H30O5Si. The number of rotatable bonds is 8. The van der Waals surface area contributed by atoms with Gasteiger partial charge in [0.25, 0.3) is 0 Å². The first-order valence-electron chi connectivity index (χ1n) is 8.70. The third-order valence-electron chi connectivity index (χ3n) is 5.76. The second kappa shape index (κ2) is 8.60. The van der Waals surface area contributed by atoms with Crippen LogP contribution >= 0.6 is 0 Å². The van der Waals surface area contributed by atoms with E-state index >= 15 is 0 Å². The predicted molar refractivity (Wildman–Crippen MR) is 95.2 cm³/mol. The van der Waals surface area contributed by atoms with E-state index in [0.717, 1.165) is 30.0 Å². The molecule has 5 nitrogen and oxygen atoms in total. The first kappa shape index (κ1) is 20.6. The molecule has 0 bridgehead atoms. The third-order valence-corrected chi connectivity index (χ3v) is 11.0. The van der Waals surface area contributed by atoms with Gasteiger partial charge in [0.1, 0.15) is 6.29 Å². The van der Waals surface area contributed by atoms with Crippen molar-refractivity contribution in [1.29, 1.82) is 0 Å². The van der Waals surface area contributed by atoms with Gasteiger partial charge in [0, 0.05) is 6.42 Å². The van der Waals surface area contributed by atoms with Gasteiger partial charge >= 0.3 is 11.9 Å². The molecule has 0 radical (unpaired) electrons. The van der Waals surface area contributed by atoms with Gasteiger partial charge in [-0.25, -0.2) is 0 Å². The van der Waals surface area contributed by atoms with Crippen molar-refractivity contribution in [2.75, 3.05) is 14.2 Å². The first-order valence-corrected chi connectivity index (χ1v) is 11.4. The number of ether oxygens (including phenoxy) is 2. The van der Waals surface area contributed by atoms with E-state index in [9.17, 15) is 14.4 Å². The largest absolute Gasteiger partial charge is 0.468 e. The van der Waals surface area contributed by atoms with Gasteiger partial charge in [-0.3, -0.25) is 9.59 Å². The average molecular weight is 355 g/mol. The lowest BCUT2D eigenvalue weighted by atomic mass is 9.85. The Morgan fingerprint density at radius 3 is 2.00 bits per heavy atom. The minimum Gasteiger partial charge on any atom is -0.468 e. The molecule has 6 heteroatoms. The van der Waals surface area contributed by atoms with Crippen LogP contribution < -0.4 is 0 Å². The number of carbonyl (C=O) groups is 3. The Kier molecular flexibility index (Phi) is 7.39. The molecule has 0 spiro atoms. The Labute approximate surface area is 145 Å². The van der Waals surface area contributed by atoms with Gasteiger partial charge in [-0.2, -0.15) is 0 Å². The van der Waals surface area contributed by atoms with Crippen LogP contribution in [0.3, 0.4) is 0 Å². The molecule has 0 amide bonds. The molecule has 0 saturated heterocycles. The van der Waals surface area contributed by atoms with Gasteiger partial charge in [-0.15, -0.1) is 0 Å². The summed E-state index contributed by atoms with van der Waals surface area (Å²) in [6, 6.07) is 3.34. The van der Waals surface area contributed by atoms with E-state index in [4.69, 9.17) is 9.47 Å². The monoisotopic (exact) mass is 354 g/mol. The van der Waals surface area contributed by atoms with Gasteiger partial charge in [0.15, 0.2) is 5.41 Å². The predicted octanol–water partition coefficient (Wildman–Crippen LogP) is 3.29. The number of esters is 2. The molecule has 0 aromatic heterocycles. The Bertz CT molecular complexity index is 483. The molecule has 0 aromatic carbocycles. The fourth-order valence-corrected chi connectivity index (χ4v) is 7.11. The van der Waals surface area contributed by atoms with Crippen LogP contribution in [0.2, 0.25) is 18.1 Å². The van der Waals surface area contributed by atoms with Crippen molar-refractivity contribution in [2.45, 2.75) is 58.2 Å². The van der Waals surface area contributed by atoms with E-state index in [1.165, 1.54) is 14.2 Å².